The molecule has 2 atom stereocenters. The van der Waals surface area contributed by atoms with E-state index in [-0.39, 0.29) is 40.8 Å². The van der Waals surface area contributed by atoms with Crippen LogP contribution in [0, 0.1) is 11.6 Å². The molecule has 0 bridgehead atoms. The van der Waals surface area contributed by atoms with Crippen LogP contribution in [0.5, 0.6) is 0 Å². The molecule has 3 heterocycles. The van der Waals surface area contributed by atoms with Gasteiger partial charge in [0, 0.05) is 29.9 Å². The number of nitrogens with zero attached hydrogens (tertiary/aromatic N) is 5. The van der Waals surface area contributed by atoms with E-state index in [9.17, 15) is 13.6 Å². The molecule has 0 unspecified atom stereocenters. The van der Waals surface area contributed by atoms with Crippen LogP contribution in [0.2, 0.25) is 0 Å². The maximum absolute atomic E-state index is 14.5. The molecule has 2 aliphatic rings. The van der Waals surface area contributed by atoms with Crippen LogP contribution in [-0.4, -0.2) is 45.2 Å². The third-order valence-corrected chi connectivity index (χ3v) is 5.72. The van der Waals surface area contributed by atoms with Gasteiger partial charge in [0.25, 0.3) is 0 Å². The molecule has 1 aliphatic carbocycles. The van der Waals surface area contributed by atoms with Crippen molar-refractivity contribution < 1.29 is 18.3 Å². The summed E-state index contributed by atoms with van der Waals surface area (Å²) in [5, 5.41) is 4.44. The zero-order chi connectivity index (χ0) is 22.4. The number of carbonyl (C=O) groups is 1. The lowest BCUT2D eigenvalue weighted by Gasteiger charge is -2.36. The van der Waals surface area contributed by atoms with Crippen molar-refractivity contribution in [2.24, 2.45) is 0 Å². The summed E-state index contributed by atoms with van der Waals surface area (Å²) in [7, 11) is 0. The lowest BCUT2D eigenvalue weighted by Crippen LogP contribution is -2.43. The number of benzene rings is 1. The number of halogens is 2. The van der Waals surface area contributed by atoms with E-state index in [0.29, 0.717) is 25.4 Å². The second-order valence-electron chi connectivity index (χ2n) is 8.24. The first-order valence-corrected chi connectivity index (χ1v) is 10.5. The predicted octanol–water partition coefficient (Wildman–Crippen LogP) is 3.31. The first-order chi connectivity index (χ1) is 15.4. The van der Waals surface area contributed by atoms with Crippen molar-refractivity contribution in [3.05, 3.63) is 53.4 Å². The van der Waals surface area contributed by atoms with Gasteiger partial charge in [0.05, 0.1) is 36.1 Å². The summed E-state index contributed by atoms with van der Waals surface area (Å²) in [4.78, 5) is 22.3. The fourth-order valence-corrected chi connectivity index (χ4v) is 3.98. The van der Waals surface area contributed by atoms with Crippen molar-refractivity contribution in [2.75, 3.05) is 23.7 Å². The van der Waals surface area contributed by atoms with Gasteiger partial charge in [0.1, 0.15) is 23.6 Å². The molecule has 2 aromatic heterocycles. The highest BCUT2D eigenvalue weighted by atomic mass is 19.1. The molecule has 2 N–H and O–H groups in total. The van der Waals surface area contributed by atoms with Crippen LogP contribution in [0.4, 0.5) is 20.5 Å². The smallest absolute Gasteiger partial charge is 0.228 e. The van der Waals surface area contributed by atoms with E-state index in [1.54, 1.807) is 0 Å². The second-order valence-corrected chi connectivity index (χ2v) is 8.24. The first kappa shape index (κ1) is 20.5. The number of nitrogen functional groups attached to an aromatic ring is 1. The Bertz CT molecular complexity index is 1180. The fraction of sp³-hybridized carbons (Fsp3) is 0.364. The molecular weight excluding hydrogens is 418 g/mol. The minimum Gasteiger partial charge on any atom is -0.383 e. The first-order valence-electron chi connectivity index (χ1n) is 10.5. The quantitative estimate of drug-likeness (QED) is 0.608. The molecule has 0 spiro atoms. The minimum atomic E-state index is -0.835. The van der Waals surface area contributed by atoms with Gasteiger partial charge >= 0.3 is 0 Å². The Kier molecular flexibility index (Phi) is 5.09. The van der Waals surface area contributed by atoms with E-state index < -0.39 is 11.6 Å². The van der Waals surface area contributed by atoms with Crippen LogP contribution in [0.15, 0.2) is 30.6 Å². The van der Waals surface area contributed by atoms with Gasteiger partial charge in [-0.25, -0.2) is 13.8 Å². The third-order valence-electron chi connectivity index (χ3n) is 5.72. The zero-order valence-electron chi connectivity index (χ0n) is 17.4. The Balaban J connectivity index is 1.50. The number of rotatable bonds is 5. The largest absolute Gasteiger partial charge is 0.383 e. The molecule has 0 amide bonds. The van der Waals surface area contributed by atoms with Crippen LogP contribution in [0.1, 0.15) is 47.8 Å². The van der Waals surface area contributed by atoms with Gasteiger partial charge in [-0.2, -0.15) is 10.1 Å². The Morgan fingerprint density at radius 2 is 2.03 bits per heavy atom. The van der Waals surface area contributed by atoms with Gasteiger partial charge in [-0.05, 0) is 31.9 Å². The molecule has 166 valence electrons. The molecule has 1 saturated carbocycles. The predicted molar refractivity (Wildman–Crippen MR) is 113 cm³/mol. The molecule has 0 radical (unpaired) electrons. The highest BCUT2D eigenvalue weighted by molar-refractivity contribution is 5.91. The molecule has 32 heavy (non-hydrogen) atoms. The highest BCUT2D eigenvalue weighted by Crippen LogP contribution is 2.36. The molecule has 5 rings (SSSR count). The maximum Gasteiger partial charge on any atom is 0.228 e. The van der Waals surface area contributed by atoms with Crippen LogP contribution in [0.3, 0.4) is 0 Å². The lowest BCUT2D eigenvalue weighted by molar-refractivity contribution is -0.0179. The third kappa shape index (κ3) is 3.81. The SMILES string of the molecule is C[C@@H]1CN(c2nc(N)c(C=O)c(-c3ccc(F)cc3F)n2)C[C@H](c2cnn(C3CC3)c2)O1. The molecule has 1 saturated heterocycles. The Hall–Kier alpha value is -3.40. The van der Waals surface area contributed by atoms with E-state index in [0.717, 1.165) is 30.5 Å². The molecule has 1 aromatic carbocycles. The molecular formula is C22H22F2N6O2. The topological polar surface area (TPSA) is 99.2 Å². The second kappa shape index (κ2) is 7.94. The van der Waals surface area contributed by atoms with E-state index in [4.69, 9.17) is 10.5 Å². The normalized spacial score (nSPS) is 21.0. The van der Waals surface area contributed by atoms with Crippen molar-refractivity contribution in [1.29, 1.82) is 0 Å². The van der Waals surface area contributed by atoms with Gasteiger partial charge < -0.3 is 15.4 Å². The average molecular weight is 440 g/mol. The Labute approximate surface area is 183 Å². The van der Waals surface area contributed by atoms with Gasteiger partial charge in [0.2, 0.25) is 5.95 Å². The van der Waals surface area contributed by atoms with Crippen molar-refractivity contribution >= 4 is 18.1 Å². The summed E-state index contributed by atoms with van der Waals surface area (Å²) in [6.45, 7) is 2.86. The van der Waals surface area contributed by atoms with E-state index in [1.807, 2.05) is 28.9 Å². The van der Waals surface area contributed by atoms with Gasteiger partial charge in [-0.3, -0.25) is 9.48 Å². The molecule has 2 fully saturated rings. The summed E-state index contributed by atoms with van der Waals surface area (Å²) >= 11 is 0. The number of ether oxygens (including phenoxy) is 1. The summed E-state index contributed by atoms with van der Waals surface area (Å²) in [6, 6.07) is 3.55. The summed E-state index contributed by atoms with van der Waals surface area (Å²) in [5.41, 5.74) is 6.95. The summed E-state index contributed by atoms with van der Waals surface area (Å²) < 4.78 is 36.0. The molecule has 8 nitrogen and oxygen atoms in total. The zero-order valence-corrected chi connectivity index (χ0v) is 17.4. The van der Waals surface area contributed by atoms with E-state index in [1.165, 1.54) is 6.07 Å². The summed E-state index contributed by atoms with van der Waals surface area (Å²) in [6.07, 6.45) is 6.16. The van der Waals surface area contributed by atoms with Crippen molar-refractivity contribution in [3.8, 4) is 11.3 Å². The lowest BCUT2D eigenvalue weighted by atomic mass is 10.1. The van der Waals surface area contributed by atoms with E-state index >= 15 is 0 Å². The average Bonchev–Trinajstić information content (AvgIpc) is 3.49. The number of carbonyl (C=O) groups excluding carboxylic acids is 1. The van der Waals surface area contributed by atoms with Gasteiger partial charge in [0.15, 0.2) is 6.29 Å². The number of nitrogens with two attached hydrogens (primary N) is 1. The minimum absolute atomic E-state index is 0.0209. The Morgan fingerprint density at radius 3 is 2.75 bits per heavy atom. The van der Waals surface area contributed by atoms with Crippen molar-refractivity contribution in [2.45, 2.75) is 38.0 Å². The van der Waals surface area contributed by atoms with Crippen molar-refractivity contribution in [1.82, 2.24) is 19.7 Å². The van der Waals surface area contributed by atoms with Crippen LogP contribution >= 0.6 is 0 Å². The van der Waals surface area contributed by atoms with Crippen LogP contribution in [-0.2, 0) is 4.74 Å². The highest BCUT2D eigenvalue weighted by Gasteiger charge is 2.31. The summed E-state index contributed by atoms with van der Waals surface area (Å²) in [5.74, 6) is -1.38. The molecule has 3 aromatic rings. The maximum atomic E-state index is 14.5. The number of hydrogen-bond donors (Lipinski definition) is 1. The van der Waals surface area contributed by atoms with Gasteiger partial charge in [-0.15, -0.1) is 0 Å². The molecule has 1 aliphatic heterocycles. The van der Waals surface area contributed by atoms with Crippen LogP contribution < -0.4 is 10.6 Å². The standard InChI is InChI=1S/C22H22F2N6O2/c1-12-8-29(10-19(32-12)13-7-26-30(9-13)15-3-4-15)22-27-20(17(11-31)21(25)28-22)16-5-2-14(23)6-18(16)24/h2,5-7,9,11-12,15,19H,3-4,8,10H2,1H3,(H2,25,27,28)/t12-,19-/m1/s1. The fourth-order valence-electron chi connectivity index (χ4n) is 3.98. The Morgan fingerprint density at radius 1 is 1.22 bits per heavy atom. The molecule has 10 heteroatoms. The number of aromatic nitrogens is 4. The monoisotopic (exact) mass is 440 g/mol. The number of aldehydes is 1. The van der Waals surface area contributed by atoms with Crippen molar-refractivity contribution in [3.63, 3.8) is 0 Å². The van der Waals surface area contributed by atoms with E-state index in [2.05, 4.69) is 15.1 Å². The van der Waals surface area contributed by atoms with Crippen LogP contribution in [0.25, 0.3) is 11.3 Å². The number of anilines is 2. The number of morpholine rings is 1. The van der Waals surface area contributed by atoms with Gasteiger partial charge in [-0.1, -0.05) is 0 Å². The number of hydrogen-bond acceptors (Lipinski definition) is 7.